The molecule has 2 rings (SSSR count). The summed E-state index contributed by atoms with van der Waals surface area (Å²) in [7, 11) is 4.88. The zero-order valence-corrected chi connectivity index (χ0v) is 16.6. The van der Waals surface area contributed by atoms with Crippen molar-refractivity contribution in [2.24, 2.45) is 0 Å². The van der Waals surface area contributed by atoms with Crippen molar-refractivity contribution in [3.8, 4) is 17.2 Å². The summed E-state index contributed by atoms with van der Waals surface area (Å²) >= 11 is 12.0. The summed E-state index contributed by atoms with van der Waals surface area (Å²) in [6.45, 7) is 2.23. The monoisotopic (exact) mass is 397 g/mol. The highest BCUT2D eigenvalue weighted by Gasteiger charge is 2.15. The van der Waals surface area contributed by atoms with Gasteiger partial charge in [-0.05, 0) is 42.3 Å². The lowest BCUT2D eigenvalue weighted by molar-refractivity contribution is -0.132. The second kappa shape index (κ2) is 9.01. The molecule has 1 amide bonds. The van der Waals surface area contributed by atoms with Gasteiger partial charge in [-0.2, -0.15) is 0 Å². The van der Waals surface area contributed by atoms with Crippen LogP contribution in [0.15, 0.2) is 30.3 Å². The van der Waals surface area contributed by atoms with Gasteiger partial charge in [0.05, 0.1) is 19.2 Å². The van der Waals surface area contributed by atoms with Gasteiger partial charge in [-0.3, -0.25) is 4.79 Å². The molecule has 0 unspecified atom stereocenters. The van der Waals surface area contributed by atoms with Crippen LogP contribution in [0.3, 0.4) is 0 Å². The van der Waals surface area contributed by atoms with E-state index in [0.717, 1.165) is 11.1 Å². The van der Waals surface area contributed by atoms with Crippen LogP contribution in [-0.2, 0) is 11.3 Å². The Kier molecular flexibility index (Phi) is 7.00. The van der Waals surface area contributed by atoms with E-state index in [4.69, 9.17) is 37.4 Å². The summed E-state index contributed by atoms with van der Waals surface area (Å²) < 4.78 is 16.1. The number of likely N-dealkylation sites (N-methyl/N-ethyl adjacent to an activating group) is 1. The minimum Gasteiger partial charge on any atom is -0.493 e. The first kappa shape index (κ1) is 20.2. The molecule has 2 aromatic rings. The third-order valence-corrected chi connectivity index (χ3v) is 4.47. The van der Waals surface area contributed by atoms with E-state index in [1.807, 2.05) is 19.1 Å². The zero-order chi connectivity index (χ0) is 19.3. The molecule has 0 heterocycles. The molecule has 26 heavy (non-hydrogen) atoms. The maximum absolute atomic E-state index is 12.4. The highest BCUT2D eigenvalue weighted by atomic mass is 35.5. The van der Waals surface area contributed by atoms with Crippen molar-refractivity contribution < 1.29 is 19.0 Å². The molecule has 0 radical (unpaired) electrons. The summed E-state index contributed by atoms with van der Waals surface area (Å²) in [6, 6.07) is 8.61. The molecule has 0 aliphatic rings. The summed E-state index contributed by atoms with van der Waals surface area (Å²) in [4.78, 5) is 14.0. The smallest absolute Gasteiger partial charge is 0.260 e. The van der Waals surface area contributed by atoms with E-state index in [0.29, 0.717) is 33.8 Å². The molecule has 7 heteroatoms. The quantitative estimate of drug-likeness (QED) is 0.696. The molecule has 0 aliphatic heterocycles. The molecule has 0 atom stereocenters. The van der Waals surface area contributed by atoms with Crippen LogP contribution in [-0.4, -0.2) is 38.7 Å². The number of carbonyl (C=O) groups is 1. The van der Waals surface area contributed by atoms with E-state index in [1.54, 1.807) is 44.4 Å². The Bertz CT molecular complexity index is 795. The molecule has 5 nitrogen and oxygen atoms in total. The fraction of sp³-hybridized carbons (Fsp3) is 0.316. The molecule has 0 saturated carbocycles. The Morgan fingerprint density at radius 2 is 1.69 bits per heavy atom. The van der Waals surface area contributed by atoms with E-state index < -0.39 is 0 Å². The summed E-state index contributed by atoms with van der Waals surface area (Å²) in [5.74, 6) is 1.47. The van der Waals surface area contributed by atoms with Gasteiger partial charge >= 0.3 is 0 Å². The number of carbonyl (C=O) groups excluding carboxylic acids is 1. The van der Waals surface area contributed by atoms with Crippen molar-refractivity contribution in [1.82, 2.24) is 4.90 Å². The minimum atomic E-state index is -0.185. The number of hydrogen-bond acceptors (Lipinski definition) is 4. The molecule has 0 bridgehead atoms. The molecular formula is C19H21Cl2NO4. The van der Waals surface area contributed by atoms with E-state index in [9.17, 15) is 4.79 Å². The number of halogens is 2. The van der Waals surface area contributed by atoms with Crippen LogP contribution < -0.4 is 14.2 Å². The highest BCUT2D eigenvalue weighted by molar-refractivity contribution is 6.34. The van der Waals surface area contributed by atoms with Crippen molar-refractivity contribution in [2.45, 2.75) is 13.5 Å². The average molecular weight is 398 g/mol. The van der Waals surface area contributed by atoms with Crippen molar-refractivity contribution in [2.75, 3.05) is 27.9 Å². The molecule has 0 aromatic heterocycles. The van der Waals surface area contributed by atoms with Crippen LogP contribution in [0, 0.1) is 6.92 Å². The zero-order valence-electron chi connectivity index (χ0n) is 15.1. The first-order valence-corrected chi connectivity index (χ1v) is 8.64. The minimum absolute atomic E-state index is 0.136. The van der Waals surface area contributed by atoms with Crippen LogP contribution in [0.4, 0.5) is 0 Å². The van der Waals surface area contributed by atoms with Crippen molar-refractivity contribution in [3.63, 3.8) is 0 Å². The van der Waals surface area contributed by atoms with Crippen LogP contribution in [0.1, 0.15) is 11.1 Å². The molecule has 0 saturated heterocycles. The fourth-order valence-electron chi connectivity index (χ4n) is 2.37. The predicted octanol–water partition coefficient (Wildman–Crippen LogP) is 4.36. The lowest BCUT2D eigenvalue weighted by Gasteiger charge is -2.20. The Labute approximate surface area is 163 Å². The van der Waals surface area contributed by atoms with Crippen LogP contribution in [0.25, 0.3) is 0 Å². The normalized spacial score (nSPS) is 10.4. The van der Waals surface area contributed by atoms with Crippen molar-refractivity contribution in [3.05, 3.63) is 51.5 Å². The number of benzene rings is 2. The molecule has 140 valence electrons. The third-order valence-electron chi connectivity index (χ3n) is 3.92. The Morgan fingerprint density at radius 1 is 1.04 bits per heavy atom. The van der Waals surface area contributed by atoms with Gasteiger partial charge in [0.1, 0.15) is 5.75 Å². The van der Waals surface area contributed by atoms with Gasteiger partial charge in [0.2, 0.25) is 0 Å². The second-order valence-electron chi connectivity index (χ2n) is 5.75. The van der Waals surface area contributed by atoms with Crippen molar-refractivity contribution in [1.29, 1.82) is 0 Å². The topological polar surface area (TPSA) is 48.0 Å². The first-order valence-electron chi connectivity index (χ1n) is 7.89. The number of methoxy groups -OCH3 is 2. The first-order chi connectivity index (χ1) is 12.3. The lowest BCUT2D eigenvalue weighted by Crippen LogP contribution is -2.31. The van der Waals surface area contributed by atoms with Gasteiger partial charge in [-0.25, -0.2) is 0 Å². The number of amides is 1. The molecule has 0 N–H and O–H groups in total. The van der Waals surface area contributed by atoms with Gasteiger partial charge in [-0.15, -0.1) is 0 Å². The van der Waals surface area contributed by atoms with Gasteiger partial charge in [0, 0.05) is 24.7 Å². The molecular weight excluding hydrogens is 377 g/mol. The maximum atomic E-state index is 12.4. The van der Waals surface area contributed by atoms with Crippen LogP contribution >= 0.6 is 23.2 Å². The Balaban J connectivity index is 2.04. The number of ether oxygens (including phenoxy) is 3. The largest absolute Gasteiger partial charge is 0.493 e. The SMILES string of the molecule is COc1cc(C)c(CN(C)C(=O)COc2cc(Cl)ccc2Cl)cc1OC. The number of aryl methyl sites for hydroxylation is 1. The molecule has 0 aliphatic carbocycles. The lowest BCUT2D eigenvalue weighted by atomic mass is 10.1. The van der Waals surface area contributed by atoms with E-state index in [-0.39, 0.29) is 12.5 Å². The number of rotatable bonds is 7. The summed E-state index contributed by atoms with van der Waals surface area (Å²) in [6.07, 6.45) is 0. The predicted molar refractivity (Wildman–Crippen MR) is 103 cm³/mol. The maximum Gasteiger partial charge on any atom is 0.260 e. The van der Waals surface area contributed by atoms with E-state index >= 15 is 0 Å². The Morgan fingerprint density at radius 3 is 2.35 bits per heavy atom. The number of nitrogens with zero attached hydrogens (tertiary/aromatic N) is 1. The second-order valence-corrected chi connectivity index (χ2v) is 6.59. The van der Waals surface area contributed by atoms with Gasteiger partial charge in [0.15, 0.2) is 18.1 Å². The Hall–Kier alpha value is -2.11. The van der Waals surface area contributed by atoms with Crippen LogP contribution in [0.2, 0.25) is 10.0 Å². The fourth-order valence-corrected chi connectivity index (χ4v) is 2.71. The van der Waals surface area contributed by atoms with Crippen molar-refractivity contribution >= 4 is 29.1 Å². The average Bonchev–Trinajstić information content (AvgIpc) is 2.63. The molecule has 0 fully saturated rings. The van der Waals surface area contributed by atoms with E-state index in [2.05, 4.69) is 0 Å². The molecule has 0 spiro atoms. The number of hydrogen-bond donors (Lipinski definition) is 0. The standard InChI is InChI=1S/C19H21Cl2NO4/c1-12-7-17(24-3)18(25-4)8-13(12)10-22(2)19(23)11-26-16-9-14(20)5-6-15(16)21/h5-9H,10-11H2,1-4H3. The molecule has 2 aromatic carbocycles. The van der Waals surface area contributed by atoms with E-state index in [1.165, 1.54) is 0 Å². The third kappa shape index (κ3) is 4.96. The highest BCUT2D eigenvalue weighted by Crippen LogP contribution is 2.31. The van der Waals surface area contributed by atoms with Gasteiger partial charge in [-0.1, -0.05) is 23.2 Å². The summed E-state index contributed by atoms with van der Waals surface area (Å²) in [5, 5.41) is 0.895. The van der Waals surface area contributed by atoms with Gasteiger partial charge in [0.25, 0.3) is 5.91 Å². The van der Waals surface area contributed by atoms with Crippen LogP contribution in [0.5, 0.6) is 17.2 Å². The van der Waals surface area contributed by atoms with Gasteiger partial charge < -0.3 is 19.1 Å². The summed E-state index contributed by atoms with van der Waals surface area (Å²) in [5.41, 5.74) is 1.96.